The van der Waals surface area contributed by atoms with E-state index in [-0.39, 0.29) is 5.69 Å². The van der Waals surface area contributed by atoms with Crippen LogP contribution in [0.3, 0.4) is 0 Å². The molecule has 1 amide bonds. The van der Waals surface area contributed by atoms with Crippen LogP contribution in [0.15, 0.2) is 24.3 Å². The number of anilines is 1. The molecule has 1 unspecified atom stereocenters. The Labute approximate surface area is 108 Å². The van der Waals surface area contributed by atoms with E-state index in [2.05, 4.69) is 5.32 Å². The number of nitro groups is 1. The molecule has 0 saturated heterocycles. The Kier molecular flexibility index (Phi) is 4.95. The Bertz CT molecular complexity index is 484. The van der Waals surface area contributed by atoms with Gasteiger partial charge >= 0.3 is 5.97 Å². The van der Waals surface area contributed by atoms with Crippen LogP contribution in [0.1, 0.15) is 6.92 Å². The van der Waals surface area contributed by atoms with Crippen molar-refractivity contribution >= 4 is 23.3 Å². The summed E-state index contributed by atoms with van der Waals surface area (Å²) < 4.78 is 4.78. The molecule has 0 saturated carbocycles. The molecule has 0 heterocycles. The molecular weight excluding hydrogens is 256 g/mol. The first-order valence-corrected chi connectivity index (χ1v) is 5.29. The maximum absolute atomic E-state index is 11.4. The largest absolute Gasteiger partial charge is 0.479 e. The number of hydrogen-bond acceptors (Lipinski definition) is 5. The van der Waals surface area contributed by atoms with Gasteiger partial charge in [-0.05, 0) is 19.1 Å². The molecule has 0 aliphatic rings. The second kappa shape index (κ2) is 6.45. The molecule has 2 N–H and O–H groups in total. The van der Waals surface area contributed by atoms with Gasteiger partial charge in [-0.25, -0.2) is 4.79 Å². The van der Waals surface area contributed by atoms with Gasteiger partial charge in [-0.2, -0.15) is 0 Å². The van der Waals surface area contributed by atoms with Gasteiger partial charge in [0.05, 0.1) is 4.92 Å². The third-order valence-electron chi connectivity index (χ3n) is 2.17. The number of amides is 1. The normalized spacial score (nSPS) is 11.6. The van der Waals surface area contributed by atoms with E-state index in [1.807, 2.05) is 0 Å². The van der Waals surface area contributed by atoms with E-state index in [4.69, 9.17) is 9.84 Å². The molecule has 0 aliphatic carbocycles. The second-order valence-electron chi connectivity index (χ2n) is 3.64. The van der Waals surface area contributed by atoms with Crippen LogP contribution in [-0.4, -0.2) is 34.6 Å². The molecule has 0 radical (unpaired) electrons. The van der Waals surface area contributed by atoms with E-state index < -0.39 is 29.5 Å². The van der Waals surface area contributed by atoms with Crippen LogP contribution in [0.4, 0.5) is 11.4 Å². The zero-order valence-corrected chi connectivity index (χ0v) is 10.0. The average molecular weight is 268 g/mol. The number of carboxylic acids is 1. The molecule has 1 aromatic carbocycles. The highest BCUT2D eigenvalue weighted by Gasteiger charge is 2.13. The molecule has 8 nitrogen and oxygen atoms in total. The fourth-order valence-electron chi connectivity index (χ4n) is 1.14. The third-order valence-corrected chi connectivity index (χ3v) is 2.17. The zero-order chi connectivity index (χ0) is 14.4. The lowest BCUT2D eigenvalue weighted by atomic mass is 10.3. The number of aliphatic carboxylic acids is 1. The van der Waals surface area contributed by atoms with E-state index >= 15 is 0 Å². The maximum Gasteiger partial charge on any atom is 0.332 e. The standard InChI is InChI=1S/C11H12N2O6/c1-7(11(15)16)19-6-10(14)12-8-2-4-9(5-3-8)13(17)18/h2-5,7H,6H2,1H3,(H,12,14)(H,15,16). The summed E-state index contributed by atoms with van der Waals surface area (Å²) in [5, 5.41) is 21.4. The number of carboxylic acid groups (broad SMARTS) is 1. The predicted octanol–water partition coefficient (Wildman–Crippen LogP) is 1.02. The number of ether oxygens (including phenoxy) is 1. The topological polar surface area (TPSA) is 119 Å². The van der Waals surface area contributed by atoms with Gasteiger partial charge in [-0.1, -0.05) is 0 Å². The number of benzene rings is 1. The van der Waals surface area contributed by atoms with Crippen molar-refractivity contribution in [1.29, 1.82) is 0 Å². The molecule has 1 atom stereocenters. The van der Waals surface area contributed by atoms with Crippen molar-refractivity contribution in [1.82, 2.24) is 0 Å². The summed E-state index contributed by atoms with van der Waals surface area (Å²) in [5.74, 6) is -1.70. The molecule has 102 valence electrons. The number of nitrogens with one attached hydrogen (secondary N) is 1. The maximum atomic E-state index is 11.4. The van der Waals surface area contributed by atoms with Crippen molar-refractivity contribution in [3.63, 3.8) is 0 Å². The van der Waals surface area contributed by atoms with Crippen molar-refractivity contribution in [3.8, 4) is 0 Å². The molecular formula is C11H12N2O6. The van der Waals surface area contributed by atoms with Crippen molar-refractivity contribution in [2.45, 2.75) is 13.0 Å². The quantitative estimate of drug-likeness (QED) is 0.587. The number of non-ortho nitro benzene ring substituents is 1. The van der Waals surface area contributed by atoms with Crippen molar-refractivity contribution in [2.24, 2.45) is 0 Å². The lowest BCUT2D eigenvalue weighted by molar-refractivity contribution is -0.384. The Hall–Kier alpha value is -2.48. The minimum absolute atomic E-state index is 0.0891. The molecule has 1 rings (SSSR count). The van der Waals surface area contributed by atoms with Crippen LogP contribution in [0.5, 0.6) is 0 Å². The lowest BCUT2D eigenvalue weighted by Crippen LogP contribution is -2.26. The first-order chi connectivity index (χ1) is 8.90. The number of carbonyl (C=O) groups is 2. The van der Waals surface area contributed by atoms with Gasteiger partial charge < -0.3 is 15.2 Å². The Morgan fingerprint density at radius 3 is 2.47 bits per heavy atom. The minimum atomic E-state index is -1.16. The summed E-state index contributed by atoms with van der Waals surface area (Å²) in [6, 6.07) is 5.24. The van der Waals surface area contributed by atoms with Gasteiger partial charge in [0.1, 0.15) is 6.61 Å². The SMILES string of the molecule is CC(OCC(=O)Nc1ccc([N+](=O)[O-])cc1)C(=O)O. The van der Waals surface area contributed by atoms with Crippen molar-refractivity contribution < 1.29 is 24.4 Å². The fraction of sp³-hybridized carbons (Fsp3) is 0.273. The van der Waals surface area contributed by atoms with Crippen LogP contribution in [-0.2, 0) is 14.3 Å². The predicted molar refractivity (Wildman–Crippen MR) is 64.8 cm³/mol. The zero-order valence-electron chi connectivity index (χ0n) is 10.0. The summed E-state index contributed by atoms with van der Waals surface area (Å²) in [6.07, 6.45) is -1.08. The van der Waals surface area contributed by atoms with Crippen LogP contribution in [0.2, 0.25) is 0 Å². The number of nitro benzene ring substituents is 1. The number of hydrogen-bond donors (Lipinski definition) is 2. The monoisotopic (exact) mass is 268 g/mol. The van der Waals surface area contributed by atoms with Gasteiger partial charge in [0, 0.05) is 17.8 Å². The highest BCUT2D eigenvalue weighted by molar-refractivity contribution is 5.91. The number of carbonyl (C=O) groups excluding carboxylic acids is 1. The van der Waals surface area contributed by atoms with Gasteiger partial charge in [-0.3, -0.25) is 14.9 Å². The molecule has 0 aliphatic heterocycles. The molecule has 1 aromatic rings. The first-order valence-electron chi connectivity index (χ1n) is 5.29. The molecule has 0 bridgehead atoms. The Morgan fingerprint density at radius 1 is 1.42 bits per heavy atom. The van der Waals surface area contributed by atoms with Crippen molar-refractivity contribution in [2.75, 3.05) is 11.9 Å². The number of rotatable bonds is 6. The van der Waals surface area contributed by atoms with Crippen LogP contribution in [0.25, 0.3) is 0 Å². The summed E-state index contributed by atoms with van der Waals surface area (Å²) in [7, 11) is 0. The molecule has 8 heteroatoms. The van der Waals surface area contributed by atoms with Gasteiger partial charge in [-0.15, -0.1) is 0 Å². The minimum Gasteiger partial charge on any atom is -0.479 e. The van der Waals surface area contributed by atoms with E-state index in [9.17, 15) is 19.7 Å². The van der Waals surface area contributed by atoms with Gasteiger partial charge in [0.2, 0.25) is 5.91 Å². The molecule has 0 aromatic heterocycles. The highest BCUT2D eigenvalue weighted by atomic mass is 16.6. The third kappa shape index (κ3) is 4.72. The van der Waals surface area contributed by atoms with E-state index in [0.717, 1.165) is 0 Å². The summed E-state index contributed by atoms with van der Waals surface area (Å²) in [4.78, 5) is 31.7. The van der Waals surface area contributed by atoms with Gasteiger partial charge in [0.25, 0.3) is 5.69 Å². The Balaban J connectivity index is 2.48. The molecule has 0 fully saturated rings. The summed E-state index contributed by atoms with van der Waals surface area (Å²) >= 11 is 0. The average Bonchev–Trinajstić information content (AvgIpc) is 2.36. The highest BCUT2D eigenvalue weighted by Crippen LogP contribution is 2.15. The van der Waals surface area contributed by atoms with Crippen LogP contribution >= 0.6 is 0 Å². The smallest absolute Gasteiger partial charge is 0.332 e. The molecule has 19 heavy (non-hydrogen) atoms. The van der Waals surface area contributed by atoms with E-state index in [1.165, 1.54) is 31.2 Å². The number of nitrogens with zero attached hydrogens (tertiary/aromatic N) is 1. The lowest BCUT2D eigenvalue weighted by Gasteiger charge is -2.08. The first kappa shape index (κ1) is 14.6. The van der Waals surface area contributed by atoms with Gasteiger partial charge in [0.15, 0.2) is 6.10 Å². The van der Waals surface area contributed by atoms with Crippen molar-refractivity contribution in [3.05, 3.63) is 34.4 Å². The summed E-state index contributed by atoms with van der Waals surface area (Å²) in [6.45, 7) is 0.895. The summed E-state index contributed by atoms with van der Waals surface area (Å²) in [5.41, 5.74) is 0.274. The molecule has 0 spiro atoms. The Morgan fingerprint density at radius 2 is 2.00 bits per heavy atom. The van der Waals surface area contributed by atoms with E-state index in [1.54, 1.807) is 0 Å². The van der Waals surface area contributed by atoms with Crippen LogP contribution in [0, 0.1) is 10.1 Å². The fourth-order valence-corrected chi connectivity index (χ4v) is 1.14. The second-order valence-corrected chi connectivity index (χ2v) is 3.64. The van der Waals surface area contributed by atoms with Crippen LogP contribution < -0.4 is 5.32 Å². The van der Waals surface area contributed by atoms with E-state index in [0.29, 0.717) is 5.69 Å².